The van der Waals surface area contributed by atoms with E-state index in [1.54, 1.807) is 0 Å². The second-order valence-corrected chi connectivity index (χ2v) is 22.2. The fraction of sp³-hybridized carbons (Fsp3) is 0.333. The van der Waals surface area contributed by atoms with Crippen molar-refractivity contribution in [1.82, 2.24) is 9.72 Å². The second kappa shape index (κ2) is 18.4. The van der Waals surface area contributed by atoms with Crippen LogP contribution in [0, 0.1) is 0 Å². The van der Waals surface area contributed by atoms with Gasteiger partial charge in [-0.15, -0.1) is 0 Å². The Morgan fingerprint density at radius 2 is 0.524 bits per heavy atom. The summed E-state index contributed by atoms with van der Waals surface area (Å²) in [4.78, 5) is 8.03. The first-order valence-electron chi connectivity index (χ1n) is 15.1. The van der Waals surface area contributed by atoms with E-state index in [0.717, 1.165) is 0 Å². The lowest BCUT2D eigenvalue weighted by Crippen LogP contribution is -2.24. The Bertz CT molecular complexity index is 1060. The lowest BCUT2D eigenvalue weighted by molar-refractivity contribution is 0.997. The molecule has 0 saturated carbocycles. The van der Waals surface area contributed by atoms with Crippen molar-refractivity contribution in [2.75, 3.05) is 0 Å². The minimum Gasteiger partial charge on any atom is -0.266 e. The van der Waals surface area contributed by atoms with E-state index in [-0.39, 0.29) is 16.1 Å². The number of rotatable bonds is 12. The maximum atomic E-state index is 4.02. The fourth-order valence-corrected chi connectivity index (χ4v) is 17.0. The molecule has 0 spiro atoms. The summed E-state index contributed by atoms with van der Waals surface area (Å²) < 4.78 is 0. The van der Waals surface area contributed by atoms with Gasteiger partial charge in [-0.2, -0.15) is 0 Å². The summed E-state index contributed by atoms with van der Waals surface area (Å²) in [5.74, 6) is 0. The first-order valence-corrected chi connectivity index (χ1v) is 20.7. The third-order valence-corrected chi connectivity index (χ3v) is 17.9. The highest BCUT2D eigenvalue weighted by atomic mass is 31.2. The molecule has 0 amide bonds. The fourth-order valence-electron chi connectivity index (χ4n) is 4.72. The van der Waals surface area contributed by atoms with Gasteiger partial charge in [0.2, 0.25) is 0 Å². The maximum Gasteiger partial charge on any atom is 0.0290 e. The van der Waals surface area contributed by atoms with Crippen LogP contribution in [-0.4, -0.2) is 22.6 Å². The van der Waals surface area contributed by atoms with Crippen molar-refractivity contribution in [2.24, 2.45) is 0 Å². The summed E-state index contributed by atoms with van der Waals surface area (Å²) in [6.07, 6.45) is 0. The third-order valence-electron chi connectivity index (χ3n) is 6.71. The zero-order valence-corrected chi connectivity index (χ0v) is 30.2. The molecular weight excluding hydrogens is 584 g/mol. The van der Waals surface area contributed by atoms with Crippen molar-refractivity contribution in [2.45, 2.75) is 78.0 Å². The first-order chi connectivity index (χ1) is 20.2. The Balaban J connectivity index is 0.000000230. The van der Waals surface area contributed by atoms with Gasteiger partial charge in [0.1, 0.15) is 0 Å². The SMILES string of the molecule is CC(C)P(NP(c1ccccc1)c1ccccc1)C(C)C.CC(C)P(NP(c1ccccc1)c1ccccc1)C(C)C. The van der Waals surface area contributed by atoms with Crippen molar-refractivity contribution in [3.63, 3.8) is 0 Å². The largest absolute Gasteiger partial charge is 0.266 e. The van der Waals surface area contributed by atoms with Crippen LogP contribution in [0.25, 0.3) is 0 Å². The van der Waals surface area contributed by atoms with Gasteiger partial charge in [-0.05, 0) is 60.0 Å². The summed E-state index contributed by atoms with van der Waals surface area (Å²) in [6, 6.07) is 43.5. The monoisotopic (exact) mass is 634 g/mol. The van der Waals surface area contributed by atoms with Gasteiger partial charge in [0.15, 0.2) is 0 Å². The van der Waals surface area contributed by atoms with E-state index in [1.165, 1.54) is 21.2 Å². The molecule has 0 aromatic heterocycles. The summed E-state index contributed by atoms with van der Waals surface area (Å²) in [5, 5.41) is 5.64. The average Bonchev–Trinajstić information content (AvgIpc) is 2.99. The highest BCUT2D eigenvalue weighted by Gasteiger charge is 2.24. The highest BCUT2D eigenvalue weighted by molar-refractivity contribution is 7.80. The zero-order valence-electron chi connectivity index (χ0n) is 26.6. The smallest absolute Gasteiger partial charge is 0.0290 e. The topological polar surface area (TPSA) is 24.1 Å². The van der Waals surface area contributed by atoms with E-state index < -0.39 is 16.1 Å². The van der Waals surface area contributed by atoms with Crippen molar-refractivity contribution < 1.29 is 0 Å². The molecule has 6 heteroatoms. The molecule has 0 aliphatic heterocycles. The first kappa shape index (κ1) is 35.0. The van der Waals surface area contributed by atoms with Crippen LogP contribution in [0.3, 0.4) is 0 Å². The van der Waals surface area contributed by atoms with Gasteiger partial charge < -0.3 is 0 Å². The molecule has 0 fully saturated rings. The molecule has 4 rings (SSSR count). The van der Waals surface area contributed by atoms with Crippen LogP contribution in [-0.2, 0) is 0 Å². The molecule has 4 aromatic rings. The molecule has 224 valence electrons. The molecule has 0 bridgehead atoms. The normalized spacial score (nSPS) is 11.8. The number of nitrogens with one attached hydrogen (secondary N) is 2. The van der Waals surface area contributed by atoms with E-state index in [2.05, 4.69) is 186 Å². The Kier molecular flexibility index (Phi) is 15.3. The number of hydrogen-bond acceptors (Lipinski definition) is 2. The van der Waals surface area contributed by atoms with Gasteiger partial charge in [-0.1, -0.05) is 177 Å². The summed E-state index contributed by atoms with van der Waals surface area (Å²) >= 11 is 0. The Labute approximate surface area is 261 Å². The lowest BCUT2D eigenvalue weighted by atomic mass is 10.4. The number of benzene rings is 4. The van der Waals surface area contributed by atoms with E-state index in [4.69, 9.17) is 0 Å². The van der Waals surface area contributed by atoms with Gasteiger partial charge in [0.05, 0.1) is 0 Å². The molecule has 2 nitrogen and oxygen atoms in total. The Morgan fingerprint density at radius 3 is 0.690 bits per heavy atom. The Hall–Kier alpha value is -1.48. The zero-order chi connectivity index (χ0) is 30.5. The van der Waals surface area contributed by atoms with E-state index in [0.29, 0.717) is 22.6 Å². The summed E-state index contributed by atoms with van der Waals surface area (Å²) in [5.41, 5.74) is 2.77. The van der Waals surface area contributed by atoms with Crippen molar-refractivity contribution >= 4 is 53.5 Å². The van der Waals surface area contributed by atoms with Crippen molar-refractivity contribution in [3.05, 3.63) is 121 Å². The quantitative estimate of drug-likeness (QED) is 0.152. The van der Waals surface area contributed by atoms with Crippen LogP contribution >= 0.6 is 32.3 Å². The maximum absolute atomic E-state index is 4.02. The molecule has 0 atom stereocenters. The number of hydrogen-bond donors (Lipinski definition) is 2. The van der Waals surface area contributed by atoms with Gasteiger partial charge in [0, 0.05) is 16.1 Å². The molecular formula is C36H50N2P4. The summed E-state index contributed by atoms with van der Waals surface area (Å²) in [7, 11) is -1.33. The summed E-state index contributed by atoms with van der Waals surface area (Å²) in [6.45, 7) is 18.7. The standard InChI is InChI=1S/2C18H25NP2/c2*1-15(2)20(16(3)4)19-21(17-11-7-5-8-12-17)18-13-9-6-10-14-18/h2*5-16,19H,1-4H3. The highest BCUT2D eigenvalue weighted by Crippen LogP contribution is 2.50. The molecule has 0 radical (unpaired) electrons. The molecule has 0 aliphatic rings. The van der Waals surface area contributed by atoms with E-state index in [1.807, 2.05) is 0 Å². The molecule has 2 N–H and O–H groups in total. The van der Waals surface area contributed by atoms with Crippen LogP contribution < -0.4 is 30.9 Å². The van der Waals surface area contributed by atoms with Crippen LogP contribution in [0.5, 0.6) is 0 Å². The average molecular weight is 635 g/mol. The van der Waals surface area contributed by atoms with Gasteiger partial charge >= 0.3 is 0 Å². The van der Waals surface area contributed by atoms with Gasteiger partial charge in [-0.3, -0.25) is 9.72 Å². The molecule has 42 heavy (non-hydrogen) atoms. The van der Waals surface area contributed by atoms with Crippen molar-refractivity contribution in [1.29, 1.82) is 0 Å². The predicted octanol–water partition coefficient (Wildman–Crippen LogP) is 9.68. The van der Waals surface area contributed by atoms with Gasteiger partial charge in [0.25, 0.3) is 0 Å². The lowest BCUT2D eigenvalue weighted by Gasteiger charge is -2.32. The predicted molar refractivity (Wildman–Crippen MR) is 199 cm³/mol. The molecule has 4 aromatic carbocycles. The van der Waals surface area contributed by atoms with E-state index >= 15 is 0 Å². The van der Waals surface area contributed by atoms with Crippen molar-refractivity contribution in [3.8, 4) is 0 Å². The van der Waals surface area contributed by atoms with Crippen LogP contribution in [0.4, 0.5) is 0 Å². The van der Waals surface area contributed by atoms with Crippen LogP contribution in [0.15, 0.2) is 121 Å². The molecule has 0 aliphatic carbocycles. The van der Waals surface area contributed by atoms with Gasteiger partial charge in [-0.25, -0.2) is 0 Å². The third kappa shape index (κ3) is 10.9. The van der Waals surface area contributed by atoms with Crippen LogP contribution in [0.2, 0.25) is 0 Å². The van der Waals surface area contributed by atoms with E-state index in [9.17, 15) is 0 Å². The minimum absolute atomic E-state index is 0.186. The minimum atomic E-state index is -0.476. The molecule has 0 heterocycles. The molecule has 0 unspecified atom stereocenters. The second-order valence-electron chi connectivity index (χ2n) is 11.4. The Morgan fingerprint density at radius 1 is 0.333 bits per heavy atom. The van der Waals surface area contributed by atoms with Crippen LogP contribution in [0.1, 0.15) is 55.4 Å². The molecule has 0 saturated heterocycles.